The fourth-order valence-corrected chi connectivity index (χ4v) is 3.72. The van der Waals surface area contributed by atoms with Gasteiger partial charge >= 0.3 is 0 Å². The predicted molar refractivity (Wildman–Crippen MR) is 91.3 cm³/mol. The van der Waals surface area contributed by atoms with Crippen molar-refractivity contribution in [3.63, 3.8) is 0 Å². The normalized spacial score (nSPS) is 11.4. The molecule has 3 aromatic heterocycles. The molecule has 0 spiro atoms. The largest absolute Gasteiger partial charge is 0.372 e. The van der Waals surface area contributed by atoms with E-state index in [4.69, 9.17) is 0 Å². The van der Waals surface area contributed by atoms with Crippen molar-refractivity contribution in [3.8, 4) is 0 Å². The van der Waals surface area contributed by atoms with Gasteiger partial charge in [-0.15, -0.1) is 22.7 Å². The summed E-state index contributed by atoms with van der Waals surface area (Å²) in [5, 5.41) is 8.45. The van der Waals surface area contributed by atoms with Crippen molar-refractivity contribution in [2.24, 2.45) is 0 Å². The second-order valence-electron chi connectivity index (χ2n) is 4.95. The van der Waals surface area contributed by atoms with Crippen LogP contribution in [-0.2, 0) is 13.0 Å². The molecule has 0 aliphatic carbocycles. The lowest BCUT2D eigenvalue weighted by atomic mass is 10.3. The summed E-state index contributed by atoms with van der Waals surface area (Å²) >= 11 is 3.48. The number of rotatable bonds is 6. The Morgan fingerprint density at radius 1 is 1.19 bits per heavy atom. The highest BCUT2D eigenvalue weighted by atomic mass is 32.1. The van der Waals surface area contributed by atoms with Crippen LogP contribution in [0.5, 0.6) is 0 Å². The smallest absolute Gasteiger partial charge is 0.146 e. The Morgan fingerprint density at radius 2 is 2.10 bits per heavy atom. The molecule has 0 amide bonds. The zero-order valence-corrected chi connectivity index (χ0v) is 13.8. The molecule has 110 valence electrons. The minimum atomic E-state index is 0.772. The molecule has 0 aromatic carbocycles. The van der Waals surface area contributed by atoms with Crippen LogP contribution in [0.1, 0.15) is 10.7 Å². The van der Waals surface area contributed by atoms with Gasteiger partial charge < -0.3 is 5.32 Å². The summed E-state index contributed by atoms with van der Waals surface area (Å²) in [4.78, 5) is 14.0. The van der Waals surface area contributed by atoms with Crippen LogP contribution >= 0.6 is 22.7 Å². The van der Waals surface area contributed by atoms with Crippen molar-refractivity contribution < 1.29 is 0 Å². The number of fused-ring (bicyclic) bond motifs is 1. The zero-order valence-electron chi connectivity index (χ0n) is 12.2. The monoisotopic (exact) mass is 318 g/mol. The Bertz CT molecular complexity index is 706. The van der Waals surface area contributed by atoms with Crippen molar-refractivity contribution >= 4 is 38.7 Å². The lowest BCUT2D eigenvalue weighted by Crippen LogP contribution is -2.22. The molecule has 0 bridgehead atoms. The second-order valence-corrected chi connectivity index (χ2v) is 6.87. The summed E-state index contributed by atoms with van der Waals surface area (Å²) in [7, 11) is 4.03. The molecule has 0 aliphatic heterocycles. The van der Waals surface area contributed by atoms with Crippen LogP contribution in [0.4, 0.5) is 5.82 Å². The quantitative estimate of drug-likeness (QED) is 0.755. The number of hydrogen-bond donors (Lipinski definition) is 1. The van der Waals surface area contributed by atoms with Crippen molar-refractivity contribution in [2.75, 3.05) is 26.0 Å². The van der Waals surface area contributed by atoms with Gasteiger partial charge in [0.05, 0.1) is 11.9 Å². The van der Waals surface area contributed by atoms with Gasteiger partial charge in [-0.3, -0.25) is 4.90 Å². The Morgan fingerprint density at radius 3 is 2.86 bits per heavy atom. The molecule has 6 heteroatoms. The van der Waals surface area contributed by atoms with E-state index >= 15 is 0 Å². The maximum absolute atomic E-state index is 4.66. The standard InChI is InChI=1S/C15H18N4S2/c1-16-14-12-6-9-21-15(12)18-13(17-14)10-19(2)7-5-11-4-3-8-20-11/h3-4,6,8-9H,5,7,10H2,1-2H3,(H,16,17,18). The minimum Gasteiger partial charge on any atom is -0.372 e. The number of likely N-dealkylation sites (N-methyl/N-ethyl adjacent to an activating group) is 1. The molecule has 0 fully saturated rings. The number of nitrogens with one attached hydrogen (secondary N) is 1. The van der Waals surface area contributed by atoms with E-state index in [0.29, 0.717) is 0 Å². The van der Waals surface area contributed by atoms with Crippen LogP contribution in [0.25, 0.3) is 10.2 Å². The summed E-state index contributed by atoms with van der Waals surface area (Å²) in [5.41, 5.74) is 0. The fraction of sp³-hybridized carbons (Fsp3) is 0.333. The van der Waals surface area contributed by atoms with Crippen molar-refractivity contribution in [1.29, 1.82) is 0 Å². The van der Waals surface area contributed by atoms with Gasteiger partial charge in [-0.2, -0.15) is 0 Å². The first-order valence-corrected chi connectivity index (χ1v) is 8.65. The molecule has 3 aromatic rings. The highest BCUT2D eigenvalue weighted by Gasteiger charge is 2.10. The number of hydrogen-bond acceptors (Lipinski definition) is 6. The number of thiophene rings is 2. The maximum Gasteiger partial charge on any atom is 0.146 e. The van der Waals surface area contributed by atoms with Gasteiger partial charge in [0.15, 0.2) is 0 Å². The maximum atomic E-state index is 4.66. The van der Waals surface area contributed by atoms with E-state index in [1.54, 1.807) is 11.3 Å². The number of nitrogens with zero attached hydrogens (tertiary/aromatic N) is 3. The molecule has 21 heavy (non-hydrogen) atoms. The third-order valence-electron chi connectivity index (χ3n) is 3.34. The molecule has 3 heterocycles. The van der Waals surface area contributed by atoms with Crippen LogP contribution in [0, 0.1) is 0 Å². The van der Waals surface area contributed by atoms with Gasteiger partial charge in [-0.25, -0.2) is 9.97 Å². The molecule has 0 aliphatic rings. The number of anilines is 1. The molecule has 3 rings (SSSR count). The molecule has 0 atom stereocenters. The third kappa shape index (κ3) is 3.40. The molecule has 4 nitrogen and oxygen atoms in total. The Kier molecular flexibility index (Phi) is 4.48. The van der Waals surface area contributed by atoms with Crippen LogP contribution in [0.2, 0.25) is 0 Å². The summed E-state index contributed by atoms with van der Waals surface area (Å²) in [6.07, 6.45) is 1.08. The Labute approximate surface area is 132 Å². The van der Waals surface area contributed by atoms with Gasteiger partial charge in [-0.05, 0) is 36.4 Å². The Balaban J connectivity index is 1.68. The van der Waals surface area contributed by atoms with Gasteiger partial charge in [-0.1, -0.05) is 6.07 Å². The predicted octanol–water partition coefficient (Wildman–Crippen LogP) is 3.47. The molecule has 1 N–H and O–H groups in total. The first kappa shape index (κ1) is 14.4. The van der Waals surface area contributed by atoms with E-state index in [1.807, 2.05) is 18.4 Å². The minimum absolute atomic E-state index is 0.772. The summed E-state index contributed by atoms with van der Waals surface area (Å²) in [5.74, 6) is 1.80. The van der Waals surface area contributed by atoms with Gasteiger partial charge in [0, 0.05) is 18.5 Å². The highest BCUT2D eigenvalue weighted by Crippen LogP contribution is 2.24. The van der Waals surface area contributed by atoms with E-state index in [-0.39, 0.29) is 0 Å². The third-order valence-corrected chi connectivity index (χ3v) is 5.08. The first-order valence-electron chi connectivity index (χ1n) is 6.89. The van der Waals surface area contributed by atoms with Crippen LogP contribution in [-0.4, -0.2) is 35.5 Å². The van der Waals surface area contributed by atoms with E-state index in [2.05, 4.69) is 56.2 Å². The van der Waals surface area contributed by atoms with E-state index in [9.17, 15) is 0 Å². The molecule has 0 saturated carbocycles. The van der Waals surface area contributed by atoms with Crippen molar-refractivity contribution in [1.82, 2.24) is 14.9 Å². The van der Waals surface area contributed by atoms with Gasteiger partial charge in [0.1, 0.15) is 16.5 Å². The van der Waals surface area contributed by atoms with Crippen LogP contribution < -0.4 is 5.32 Å². The van der Waals surface area contributed by atoms with Crippen LogP contribution in [0.3, 0.4) is 0 Å². The molecule has 0 saturated heterocycles. The lowest BCUT2D eigenvalue weighted by molar-refractivity contribution is 0.324. The molecular formula is C15H18N4S2. The molecule has 0 radical (unpaired) electrons. The van der Waals surface area contributed by atoms with Crippen LogP contribution in [0.15, 0.2) is 29.0 Å². The average Bonchev–Trinajstić information content (AvgIpc) is 3.15. The molecular weight excluding hydrogens is 300 g/mol. The Hall–Kier alpha value is -1.50. The average molecular weight is 318 g/mol. The zero-order chi connectivity index (χ0) is 14.7. The van der Waals surface area contributed by atoms with E-state index < -0.39 is 0 Å². The SMILES string of the molecule is CNc1nc(CN(C)CCc2cccs2)nc2sccc12. The fourth-order valence-electron chi connectivity index (χ4n) is 2.24. The summed E-state index contributed by atoms with van der Waals surface area (Å²) in [6.45, 7) is 1.79. The van der Waals surface area contributed by atoms with E-state index in [1.165, 1.54) is 4.88 Å². The summed E-state index contributed by atoms with van der Waals surface area (Å²) in [6, 6.07) is 6.36. The lowest BCUT2D eigenvalue weighted by Gasteiger charge is -2.15. The van der Waals surface area contributed by atoms with Crippen molar-refractivity contribution in [2.45, 2.75) is 13.0 Å². The number of aromatic nitrogens is 2. The van der Waals surface area contributed by atoms with Gasteiger partial charge in [0.2, 0.25) is 0 Å². The van der Waals surface area contributed by atoms with Gasteiger partial charge in [0.25, 0.3) is 0 Å². The molecule has 0 unspecified atom stereocenters. The second kappa shape index (κ2) is 6.51. The van der Waals surface area contributed by atoms with E-state index in [0.717, 1.165) is 41.4 Å². The summed E-state index contributed by atoms with van der Waals surface area (Å²) < 4.78 is 0. The highest BCUT2D eigenvalue weighted by molar-refractivity contribution is 7.16. The van der Waals surface area contributed by atoms with Crippen molar-refractivity contribution in [3.05, 3.63) is 39.7 Å². The first-order chi connectivity index (χ1) is 10.3. The topological polar surface area (TPSA) is 41.1 Å².